The van der Waals surface area contributed by atoms with Gasteiger partial charge in [0.25, 0.3) is 5.91 Å². The van der Waals surface area contributed by atoms with Gasteiger partial charge in [0.1, 0.15) is 6.04 Å². The Bertz CT molecular complexity index is 1220. The van der Waals surface area contributed by atoms with Gasteiger partial charge in [0.05, 0.1) is 12.1 Å². The van der Waals surface area contributed by atoms with E-state index in [0.29, 0.717) is 23.1 Å². The summed E-state index contributed by atoms with van der Waals surface area (Å²) in [5, 5.41) is 0. The van der Waals surface area contributed by atoms with E-state index >= 15 is 0 Å². The minimum atomic E-state index is -0.854. The first-order chi connectivity index (χ1) is 16.9. The van der Waals surface area contributed by atoms with E-state index < -0.39 is 6.04 Å². The molecule has 1 atom stereocenters. The molecule has 1 saturated heterocycles. The van der Waals surface area contributed by atoms with E-state index in [1.807, 2.05) is 42.5 Å². The summed E-state index contributed by atoms with van der Waals surface area (Å²) in [6.45, 7) is 12.9. The lowest BCUT2D eigenvalue weighted by molar-refractivity contribution is -0.141. The Hall–Kier alpha value is -3.35. The molecular weight excluding hydrogens is 456 g/mol. The van der Waals surface area contributed by atoms with Crippen LogP contribution in [0.15, 0.2) is 42.5 Å². The fourth-order valence-electron chi connectivity index (χ4n) is 5.70. The summed E-state index contributed by atoms with van der Waals surface area (Å²) >= 11 is 0. The lowest BCUT2D eigenvalue weighted by atomic mass is 10.0. The van der Waals surface area contributed by atoms with Gasteiger partial charge in [0.15, 0.2) is 11.5 Å². The highest BCUT2D eigenvalue weighted by Gasteiger charge is 2.69. The average molecular weight is 491 g/mol. The summed E-state index contributed by atoms with van der Waals surface area (Å²) in [7, 11) is 0. The normalized spacial score (nSPS) is 21.9. The van der Waals surface area contributed by atoms with Crippen molar-refractivity contribution in [2.75, 3.05) is 11.7 Å². The summed E-state index contributed by atoms with van der Waals surface area (Å²) < 4.78 is 10.9. The molecule has 1 saturated carbocycles. The highest BCUT2D eigenvalue weighted by atomic mass is 16.7. The van der Waals surface area contributed by atoms with Crippen LogP contribution in [-0.4, -0.2) is 35.5 Å². The second kappa shape index (κ2) is 8.36. The Morgan fingerprint density at radius 1 is 1.00 bits per heavy atom. The number of imide groups is 1. The first-order valence-corrected chi connectivity index (χ1v) is 12.6. The number of ether oxygens (including phenoxy) is 2. The maximum absolute atomic E-state index is 14.0. The van der Waals surface area contributed by atoms with Crippen molar-refractivity contribution in [3.8, 4) is 11.5 Å². The first-order valence-electron chi connectivity index (χ1n) is 12.6. The van der Waals surface area contributed by atoms with Crippen molar-refractivity contribution in [3.05, 3.63) is 53.6 Å². The number of rotatable bonds is 6. The number of benzene rings is 2. The molecule has 2 aromatic carbocycles. The Morgan fingerprint density at radius 3 is 2.25 bits per heavy atom. The van der Waals surface area contributed by atoms with Crippen LogP contribution in [-0.2, 0) is 20.9 Å². The second-order valence-corrected chi connectivity index (χ2v) is 11.6. The Balaban J connectivity index is 1.46. The quantitative estimate of drug-likeness (QED) is 0.540. The molecule has 3 amide bonds. The maximum atomic E-state index is 14.0. The molecule has 3 aliphatic rings. The van der Waals surface area contributed by atoms with Crippen LogP contribution in [0.5, 0.6) is 11.5 Å². The third kappa shape index (κ3) is 3.76. The molecule has 0 aromatic heterocycles. The van der Waals surface area contributed by atoms with Gasteiger partial charge in [-0.25, -0.2) is 4.90 Å². The Morgan fingerprint density at radius 2 is 1.64 bits per heavy atom. The zero-order valence-corrected chi connectivity index (χ0v) is 21.8. The van der Waals surface area contributed by atoms with Gasteiger partial charge in [0.2, 0.25) is 18.6 Å². The number of hydrogen-bond acceptors (Lipinski definition) is 5. The van der Waals surface area contributed by atoms with E-state index in [0.717, 1.165) is 11.1 Å². The molecule has 1 unspecified atom stereocenters. The van der Waals surface area contributed by atoms with E-state index in [4.69, 9.17) is 9.47 Å². The summed E-state index contributed by atoms with van der Waals surface area (Å²) in [6.07, 6.45) is -0.0331. The van der Waals surface area contributed by atoms with Gasteiger partial charge in [-0.15, -0.1) is 0 Å². The summed E-state index contributed by atoms with van der Waals surface area (Å²) in [5.41, 5.74) is 2.10. The summed E-state index contributed by atoms with van der Waals surface area (Å²) in [4.78, 5) is 43.6. The molecule has 2 heterocycles. The van der Waals surface area contributed by atoms with E-state index in [1.165, 1.54) is 4.90 Å². The van der Waals surface area contributed by atoms with Crippen LogP contribution in [0, 0.1) is 16.7 Å². The van der Waals surface area contributed by atoms with Crippen LogP contribution >= 0.6 is 0 Å². The zero-order valence-electron chi connectivity index (χ0n) is 21.8. The van der Waals surface area contributed by atoms with Gasteiger partial charge in [0, 0.05) is 12.5 Å². The van der Waals surface area contributed by atoms with Crippen molar-refractivity contribution >= 4 is 23.4 Å². The molecule has 0 spiro atoms. The molecule has 7 heteroatoms. The molecule has 7 nitrogen and oxygen atoms in total. The lowest BCUT2D eigenvalue weighted by Gasteiger charge is -2.29. The molecule has 2 fully saturated rings. The van der Waals surface area contributed by atoms with Crippen molar-refractivity contribution in [1.82, 2.24) is 4.90 Å². The van der Waals surface area contributed by atoms with E-state index in [1.54, 1.807) is 4.90 Å². The van der Waals surface area contributed by atoms with Crippen molar-refractivity contribution < 1.29 is 23.9 Å². The number of amides is 3. The molecule has 5 rings (SSSR count). The number of hydrogen-bond donors (Lipinski definition) is 0. The second-order valence-electron chi connectivity index (χ2n) is 11.6. The first kappa shape index (κ1) is 24.3. The molecule has 0 radical (unpaired) electrons. The van der Waals surface area contributed by atoms with Crippen LogP contribution in [0.25, 0.3) is 0 Å². The highest BCUT2D eigenvalue weighted by Crippen LogP contribution is 2.69. The van der Waals surface area contributed by atoms with Gasteiger partial charge in [-0.2, -0.15) is 0 Å². The number of carbonyl (C=O) groups excluding carboxylic acids is 3. The molecule has 0 bridgehead atoms. The topological polar surface area (TPSA) is 76.2 Å². The average Bonchev–Trinajstić information content (AvgIpc) is 3.19. The standard InChI is InChI=1S/C29H34N2O5/c1-17(2)19-8-10-20(11-9-19)31-24(32)14-21(26(31)33)30(27(34)25-28(3,4)29(25,5)6)15-18-7-12-22-23(13-18)36-16-35-22/h7-13,17,21,25H,14-16H2,1-6H3. The van der Waals surface area contributed by atoms with Crippen LogP contribution in [0.2, 0.25) is 0 Å². The van der Waals surface area contributed by atoms with Crippen molar-refractivity contribution in [2.24, 2.45) is 16.7 Å². The molecule has 0 N–H and O–H groups in total. The van der Waals surface area contributed by atoms with Crippen molar-refractivity contribution in [2.45, 2.75) is 66.5 Å². The van der Waals surface area contributed by atoms with Gasteiger partial charge < -0.3 is 14.4 Å². The minimum absolute atomic E-state index is 0.0331. The predicted molar refractivity (Wildman–Crippen MR) is 136 cm³/mol. The van der Waals surface area contributed by atoms with Crippen LogP contribution in [0.4, 0.5) is 5.69 Å². The maximum Gasteiger partial charge on any atom is 0.257 e. The minimum Gasteiger partial charge on any atom is -0.454 e. The Labute approximate surface area is 212 Å². The van der Waals surface area contributed by atoms with Gasteiger partial charge >= 0.3 is 0 Å². The molecule has 36 heavy (non-hydrogen) atoms. The van der Waals surface area contributed by atoms with Crippen LogP contribution < -0.4 is 14.4 Å². The summed E-state index contributed by atoms with van der Waals surface area (Å²) in [6, 6.07) is 12.2. The number of anilines is 1. The largest absolute Gasteiger partial charge is 0.454 e. The number of fused-ring (bicyclic) bond motifs is 1. The molecular formula is C29H34N2O5. The van der Waals surface area contributed by atoms with Gasteiger partial charge in [-0.3, -0.25) is 14.4 Å². The third-order valence-corrected chi connectivity index (χ3v) is 8.66. The molecule has 2 aliphatic heterocycles. The zero-order chi connectivity index (χ0) is 26.0. The van der Waals surface area contributed by atoms with Crippen molar-refractivity contribution in [1.29, 1.82) is 0 Å². The third-order valence-electron chi connectivity index (χ3n) is 8.66. The number of carbonyl (C=O) groups is 3. The highest BCUT2D eigenvalue weighted by molar-refractivity contribution is 6.23. The number of nitrogens with zero attached hydrogens (tertiary/aromatic N) is 2. The SMILES string of the molecule is CC(C)c1ccc(N2C(=O)CC(N(Cc3ccc4c(c3)OCO4)C(=O)C3C(C)(C)C3(C)C)C2=O)cc1. The summed E-state index contributed by atoms with van der Waals surface area (Å²) in [5.74, 6) is 0.642. The fourth-order valence-corrected chi connectivity index (χ4v) is 5.70. The van der Waals surface area contributed by atoms with Gasteiger partial charge in [-0.1, -0.05) is 59.7 Å². The van der Waals surface area contributed by atoms with Gasteiger partial charge in [-0.05, 0) is 52.1 Å². The molecule has 2 aromatic rings. The van der Waals surface area contributed by atoms with E-state index in [9.17, 15) is 14.4 Å². The van der Waals surface area contributed by atoms with E-state index in [2.05, 4.69) is 41.5 Å². The molecule has 1 aliphatic carbocycles. The Kier molecular flexibility index (Phi) is 5.65. The van der Waals surface area contributed by atoms with Crippen LogP contribution in [0.1, 0.15) is 65.0 Å². The lowest BCUT2D eigenvalue weighted by Crippen LogP contribution is -2.46. The fraction of sp³-hybridized carbons (Fsp3) is 0.483. The van der Waals surface area contributed by atoms with E-state index in [-0.39, 0.29) is 54.2 Å². The van der Waals surface area contributed by atoms with Crippen molar-refractivity contribution in [3.63, 3.8) is 0 Å². The van der Waals surface area contributed by atoms with Crippen LogP contribution in [0.3, 0.4) is 0 Å². The smallest absolute Gasteiger partial charge is 0.257 e. The molecule has 190 valence electrons. The monoisotopic (exact) mass is 490 g/mol. The predicted octanol–water partition coefficient (Wildman–Crippen LogP) is 4.88.